The van der Waals surface area contributed by atoms with Gasteiger partial charge in [-0.3, -0.25) is 14.2 Å². The quantitative estimate of drug-likeness (QED) is 0.234. The lowest BCUT2D eigenvalue weighted by Crippen LogP contribution is -2.18. The molecule has 0 heterocycles. The summed E-state index contributed by atoms with van der Waals surface area (Å²) < 4.78 is 57.6. The molecule has 0 aliphatic heterocycles. The Balaban J connectivity index is 1.52. The standard InChI is InChI=1S/C30H31N3O5S2/c1-19-9-10-20(2)27(17-19)32-40(37,38)28-18-24(12-11-21(28)3)30(34)31-25-13-15-26(16-14-25)39(35,36)33-29-22(4)7-6-8-23(29)5/h6-18,32-33H,1-5H3,(H,31,34). The third kappa shape index (κ3) is 6.35. The number of rotatable bonds is 8. The maximum Gasteiger partial charge on any atom is 0.262 e. The average Bonchev–Trinajstić information content (AvgIpc) is 2.89. The van der Waals surface area contributed by atoms with Gasteiger partial charge >= 0.3 is 0 Å². The first-order valence-corrected chi connectivity index (χ1v) is 15.4. The van der Waals surface area contributed by atoms with Crippen LogP contribution in [0.3, 0.4) is 0 Å². The van der Waals surface area contributed by atoms with Crippen molar-refractivity contribution in [1.82, 2.24) is 0 Å². The number of anilines is 3. The molecular weight excluding hydrogens is 546 g/mol. The second-order valence-electron chi connectivity index (χ2n) is 9.75. The highest BCUT2D eigenvalue weighted by molar-refractivity contribution is 7.93. The molecule has 0 spiro atoms. The molecule has 0 fully saturated rings. The van der Waals surface area contributed by atoms with Gasteiger partial charge in [0.25, 0.3) is 26.0 Å². The molecular formula is C30H31N3O5S2. The maximum atomic E-state index is 13.2. The summed E-state index contributed by atoms with van der Waals surface area (Å²) in [6.45, 7) is 8.99. The van der Waals surface area contributed by atoms with Crippen molar-refractivity contribution in [3.63, 3.8) is 0 Å². The lowest BCUT2D eigenvalue weighted by atomic mass is 10.1. The first-order valence-electron chi connectivity index (χ1n) is 12.5. The molecule has 0 aliphatic carbocycles. The van der Waals surface area contributed by atoms with Crippen LogP contribution in [-0.2, 0) is 20.0 Å². The van der Waals surface area contributed by atoms with Crippen LogP contribution in [0.5, 0.6) is 0 Å². The third-order valence-electron chi connectivity index (χ3n) is 6.52. The van der Waals surface area contributed by atoms with Crippen molar-refractivity contribution < 1.29 is 21.6 Å². The van der Waals surface area contributed by atoms with Crippen LogP contribution < -0.4 is 14.8 Å². The fourth-order valence-corrected chi connectivity index (χ4v) is 6.76. The van der Waals surface area contributed by atoms with Crippen molar-refractivity contribution in [3.05, 3.63) is 112 Å². The average molecular weight is 578 g/mol. The molecule has 3 N–H and O–H groups in total. The summed E-state index contributed by atoms with van der Waals surface area (Å²) in [4.78, 5) is 13.0. The van der Waals surface area contributed by atoms with Gasteiger partial charge in [0.15, 0.2) is 0 Å². The first kappa shape index (κ1) is 28.8. The normalized spacial score (nSPS) is 11.6. The molecule has 208 valence electrons. The van der Waals surface area contributed by atoms with E-state index in [9.17, 15) is 21.6 Å². The summed E-state index contributed by atoms with van der Waals surface area (Å²) in [7, 11) is -7.82. The van der Waals surface area contributed by atoms with Crippen LogP contribution >= 0.6 is 0 Å². The highest BCUT2D eigenvalue weighted by Crippen LogP contribution is 2.26. The van der Waals surface area contributed by atoms with Crippen LogP contribution in [-0.4, -0.2) is 22.7 Å². The zero-order valence-corrected chi connectivity index (χ0v) is 24.5. The molecule has 0 radical (unpaired) electrons. The topological polar surface area (TPSA) is 121 Å². The van der Waals surface area contributed by atoms with Gasteiger partial charge in [-0.2, -0.15) is 0 Å². The van der Waals surface area contributed by atoms with E-state index in [4.69, 9.17) is 0 Å². The van der Waals surface area contributed by atoms with Crippen molar-refractivity contribution in [2.75, 3.05) is 14.8 Å². The predicted molar refractivity (Wildman–Crippen MR) is 159 cm³/mol. The van der Waals surface area contributed by atoms with E-state index >= 15 is 0 Å². The van der Waals surface area contributed by atoms with Gasteiger partial charge in [-0.1, -0.05) is 36.4 Å². The van der Waals surface area contributed by atoms with Gasteiger partial charge in [0.05, 0.1) is 21.2 Å². The predicted octanol–water partition coefficient (Wildman–Crippen LogP) is 6.08. The van der Waals surface area contributed by atoms with E-state index in [1.165, 1.54) is 36.4 Å². The maximum absolute atomic E-state index is 13.2. The minimum absolute atomic E-state index is 0.0138. The molecule has 4 aromatic carbocycles. The molecule has 0 bridgehead atoms. The second kappa shape index (κ2) is 11.1. The Morgan fingerprint density at radius 3 is 1.90 bits per heavy atom. The number of hydrogen-bond donors (Lipinski definition) is 3. The zero-order valence-electron chi connectivity index (χ0n) is 22.9. The van der Waals surface area contributed by atoms with Gasteiger partial charge in [-0.05, 0) is 105 Å². The van der Waals surface area contributed by atoms with Gasteiger partial charge < -0.3 is 5.32 Å². The van der Waals surface area contributed by atoms with Gasteiger partial charge in [0, 0.05) is 11.3 Å². The number of sulfonamides is 2. The van der Waals surface area contributed by atoms with E-state index in [2.05, 4.69) is 14.8 Å². The summed E-state index contributed by atoms with van der Waals surface area (Å²) in [5, 5.41) is 2.70. The van der Waals surface area contributed by atoms with Crippen molar-refractivity contribution in [2.45, 2.75) is 44.4 Å². The van der Waals surface area contributed by atoms with Gasteiger partial charge in [0.2, 0.25) is 0 Å². The number of para-hydroxylation sites is 1. The minimum Gasteiger partial charge on any atom is -0.322 e. The number of amides is 1. The molecule has 4 rings (SSSR count). The Morgan fingerprint density at radius 1 is 0.625 bits per heavy atom. The van der Waals surface area contributed by atoms with Gasteiger partial charge in [-0.25, -0.2) is 16.8 Å². The van der Waals surface area contributed by atoms with Crippen LogP contribution in [0.2, 0.25) is 0 Å². The van der Waals surface area contributed by atoms with E-state index in [1.54, 1.807) is 19.1 Å². The summed E-state index contributed by atoms with van der Waals surface area (Å²) in [6.07, 6.45) is 0. The fourth-order valence-electron chi connectivity index (χ4n) is 4.17. The van der Waals surface area contributed by atoms with E-state index < -0.39 is 26.0 Å². The monoisotopic (exact) mass is 577 g/mol. The number of benzene rings is 4. The Bertz CT molecular complexity index is 1790. The largest absolute Gasteiger partial charge is 0.322 e. The van der Waals surface area contributed by atoms with Gasteiger partial charge in [-0.15, -0.1) is 0 Å². The molecule has 4 aromatic rings. The Hall–Kier alpha value is -4.15. The molecule has 0 aromatic heterocycles. The fraction of sp³-hybridized carbons (Fsp3) is 0.167. The van der Waals surface area contributed by atoms with Crippen molar-refractivity contribution >= 4 is 43.0 Å². The van der Waals surface area contributed by atoms with Crippen molar-refractivity contribution in [2.24, 2.45) is 0 Å². The summed E-state index contributed by atoms with van der Waals surface area (Å²) in [5.74, 6) is -0.535. The van der Waals surface area contributed by atoms with Crippen LogP contribution in [0.4, 0.5) is 17.1 Å². The summed E-state index contributed by atoms with van der Waals surface area (Å²) in [5.41, 5.74) is 5.26. The molecule has 0 aliphatic rings. The minimum atomic E-state index is -3.97. The third-order valence-corrected chi connectivity index (χ3v) is 9.39. The number of carbonyl (C=O) groups excluding carboxylic acids is 1. The molecule has 10 heteroatoms. The highest BCUT2D eigenvalue weighted by Gasteiger charge is 2.21. The van der Waals surface area contributed by atoms with E-state index in [0.29, 0.717) is 22.6 Å². The summed E-state index contributed by atoms with van der Waals surface area (Å²) in [6, 6.07) is 21.2. The van der Waals surface area contributed by atoms with Crippen molar-refractivity contribution in [1.29, 1.82) is 0 Å². The summed E-state index contributed by atoms with van der Waals surface area (Å²) >= 11 is 0. The Labute approximate surface area is 235 Å². The van der Waals surface area contributed by atoms with Crippen LogP contribution in [0, 0.1) is 34.6 Å². The molecule has 0 saturated carbocycles. The molecule has 0 unspecified atom stereocenters. The number of carbonyl (C=O) groups is 1. The van der Waals surface area contributed by atoms with E-state index in [-0.39, 0.29) is 15.4 Å². The van der Waals surface area contributed by atoms with Crippen LogP contribution in [0.15, 0.2) is 88.7 Å². The SMILES string of the molecule is Cc1ccc(C)c(NS(=O)(=O)c2cc(C(=O)Nc3ccc(S(=O)(=O)Nc4c(C)cccc4C)cc3)ccc2C)c1. The van der Waals surface area contributed by atoms with Gasteiger partial charge in [0.1, 0.15) is 0 Å². The van der Waals surface area contributed by atoms with E-state index in [1.807, 2.05) is 58.0 Å². The molecule has 0 atom stereocenters. The molecule has 8 nitrogen and oxygen atoms in total. The van der Waals surface area contributed by atoms with Crippen LogP contribution in [0.1, 0.15) is 38.2 Å². The zero-order chi connectivity index (χ0) is 29.2. The number of hydrogen-bond acceptors (Lipinski definition) is 5. The number of aryl methyl sites for hydroxylation is 5. The number of nitrogens with one attached hydrogen (secondary N) is 3. The molecule has 0 saturated heterocycles. The van der Waals surface area contributed by atoms with Crippen LogP contribution in [0.25, 0.3) is 0 Å². The smallest absolute Gasteiger partial charge is 0.262 e. The lowest BCUT2D eigenvalue weighted by molar-refractivity contribution is 0.102. The molecule has 1 amide bonds. The van der Waals surface area contributed by atoms with E-state index in [0.717, 1.165) is 22.3 Å². The molecule has 40 heavy (non-hydrogen) atoms. The second-order valence-corrected chi connectivity index (χ2v) is 13.1. The van der Waals surface area contributed by atoms with Crippen molar-refractivity contribution in [3.8, 4) is 0 Å². The Morgan fingerprint density at radius 2 is 1.25 bits per heavy atom. The Kier molecular flexibility index (Phi) is 8.04. The highest BCUT2D eigenvalue weighted by atomic mass is 32.2. The lowest BCUT2D eigenvalue weighted by Gasteiger charge is -2.15. The first-order chi connectivity index (χ1) is 18.8.